The molecular formula is C12H13AsO3. The molecule has 2 rings (SSSR count). The molecule has 1 unspecified atom stereocenters. The van der Waals surface area contributed by atoms with Crippen molar-refractivity contribution in [3.05, 3.63) is 40.2 Å². The van der Waals surface area contributed by atoms with Crippen LogP contribution in [0.3, 0.4) is 0 Å². The van der Waals surface area contributed by atoms with Crippen molar-refractivity contribution in [3.63, 3.8) is 0 Å². The molecular weight excluding hydrogens is 267 g/mol. The van der Waals surface area contributed by atoms with E-state index in [1.165, 1.54) is 0 Å². The van der Waals surface area contributed by atoms with E-state index in [9.17, 15) is 4.79 Å². The fourth-order valence-corrected chi connectivity index (χ4v) is 3.09. The molecule has 0 radical (unpaired) electrons. The van der Waals surface area contributed by atoms with E-state index in [0.29, 0.717) is 11.3 Å². The third-order valence-corrected chi connectivity index (χ3v) is 3.95. The fraction of sp³-hybridized carbons (Fsp3) is 0.250. The fourth-order valence-electron chi connectivity index (χ4n) is 1.67. The maximum absolute atomic E-state index is 11.4. The van der Waals surface area contributed by atoms with Gasteiger partial charge in [-0.2, -0.15) is 0 Å². The van der Waals surface area contributed by atoms with Gasteiger partial charge in [-0.25, -0.2) is 0 Å². The monoisotopic (exact) mass is 280 g/mol. The summed E-state index contributed by atoms with van der Waals surface area (Å²) in [6, 6.07) is 7.20. The normalized spacial score (nSPS) is 11.4. The van der Waals surface area contributed by atoms with Crippen LogP contribution in [0.25, 0.3) is 11.0 Å². The topological polar surface area (TPSA) is 39.4 Å². The molecule has 1 aromatic carbocycles. The summed E-state index contributed by atoms with van der Waals surface area (Å²) in [6.07, 6.45) is 0. The summed E-state index contributed by atoms with van der Waals surface area (Å²) in [5.41, 5.74) is 3.64. The molecule has 84 valence electrons. The Morgan fingerprint density at radius 3 is 2.88 bits per heavy atom. The Morgan fingerprint density at radius 2 is 2.19 bits per heavy atom. The van der Waals surface area contributed by atoms with Gasteiger partial charge in [-0.3, -0.25) is 0 Å². The Kier molecular flexibility index (Phi) is 3.35. The van der Waals surface area contributed by atoms with Gasteiger partial charge in [0.25, 0.3) is 0 Å². The van der Waals surface area contributed by atoms with Gasteiger partial charge in [-0.15, -0.1) is 0 Å². The summed E-state index contributed by atoms with van der Waals surface area (Å²) in [6.45, 7) is 0. The summed E-state index contributed by atoms with van der Waals surface area (Å²) < 4.78 is 10.3. The van der Waals surface area contributed by atoms with Crippen LogP contribution in [0.15, 0.2) is 33.5 Å². The van der Waals surface area contributed by atoms with E-state index in [4.69, 9.17) is 9.15 Å². The van der Waals surface area contributed by atoms with Crippen LogP contribution >= 0.6 is 0 Å². The molecule has 0 saturated heterocycles. The summed E-state index contributed by atoms with van der Waals surface area (Å²) >= 11 is -0.00325. The van der Waals surface area contributed by atoms with Crippen LogP contribution in [0.5, 0.6) is 5.75 Å². The zero-order chi connectivity index (χ0) is 11.5. The van der Waals surface area contributed by atoms with E-state index < -0.39 is 0 Å². The minimum atomic E-state index is -0.282. The zero-order valence-corrected chi connectivity index (χ0v) is 11.3. The SMILES string of the molecule is COc1ccc2c(C[AsH]C)cc(=O)oc2c1. The number of hydrogen-bond acceptors (Lipinski definition) is 3. The molecule has 0 amide bonds. The van der Waals surface area contributed by atoms with Gasteiger partial charge in [0.05, 0.1) is 0 Å². The molecule has 2 aromatic rings. The molecule has 3 nitrogen and oxygen atoms in total. The van der Waals surface area contributed by atoms with E-state index in [1.54, 1.807) is 19.2 Å². The molecule has 0 fully saturated rings. The molecule has 0 N–H and O–H groups in total. The van der Waals surface area contributed by atoms with Crippen LogP contribution in [0, 0.1) is 0 Å². The molecule has 1 aromatic heterocycles. The average molecular weight is 280 g/mol. The summed E-state index contributed by atoms with van der Waals surface area (Å²) in [5.74, 6) is 0.709. The molecule has 0 aliphatic carbocycles. The molecule has 0 spiro atoms. The number of benzene rings is 1. The van der Waals surface area contributed by atoms with Gasteiger partial charge in [-0.1, -0.05) is 0 Å². The first-order valence-electron chi connectivity index (χ1n) is 5.00. The van der Waals surface area contributed by atoms with E-state index in [0.717, 1.165) is 16.2 Å². The van der Waals surface area contributed by atoms with Gasteiger partial charge in [0, 0.05) is 0 Å². The number of hydrogen-bond donors (Lipinski definition) is 0. The molecule has 0 aliphatic rings. The van der Waals surface area contributed by atoms with Crippen molar-refractivity contribution in [3.8, 4) is 5.75 Å². The van der Waals surface area contributed by atoms with Gasteiger partial charge in [0.1, 0.15) is 0 Å². The molecule has 16 heavy (non-hydrogen) atoms. The Bertz CT molecular complexity index is 560. The van der Waals surface area contributed by atoms with Gasteiger partial charge < -0.3 is 0 Å². The van der Waals surface area contributed by atoms with Crippen LogP contribution < -0.4 is 10.4 Å². The van der Waals surface area contributed by atoms with Gasteiger partial charge in [0.15, 0.2) is 0 Å². The molecule has 0 saturated carbocycles. The van der Waals surface area contributed by atoms with Crippen molar-refractivity contribution < 1.29 is 9.15 Å². The van der Waals surface area contributed by atoms with Crippen molar-refractivity contribution >= 4 is 26.7 Å². The zero-order valence-electron chi connectivity index (χ0n) is 9.24. The second kappa shape index (κ2) is 4.75. The van der Waals surface area contributed by atoms with Crippen LogP contribution in [-0.4, -0.2) is 22.9 Å². The Labute approximate surface area is 100 Å². The van der Waals surface area contributed by atoms with Crippen molar-refractivity contribution in [2.24, 2.45) is 0 Å². The van der Waals surface area contributed by atoms with Crippen LogP contribution in [-0.2, 0) is 5.21 Å². The van der Waals surface area contributed by atoms with E-state index in [2.05, 4.69) is 5.71 Å². The molecule has 1 atom stereocenters. The molecule has 4 heteroatoms. The molecule has 1 heterocycles. The maximum atomic E-state index is 11.4. The standard InChI is InChI=1S/C12H13AsO3/c1-13-7-8-5-12(14)16-11-6-9(15-2)3-4-10(8)11/h3-6,13H,7H2,1-2H3. The van der Waals surface area contributed by atoms with Crippen LogP contribution in [0.2, 0.25) is 5.71 Å². The number of ether oxygens (including phenoxy) is 1. The summed E-state index contributed by atoms with van der Waals surface area (Å²) in [5, 5.41) is 2.03. The summed E-state index contributed by atoms with van der Waals surface area (Å²) in [4.78, 5) is 11.4. The van der Waals surface area contributed by atoms with Gasteiger partial charge >= 0.3 is 99.9 Å². The minimum absolute atomic E-state index is 0.00325. The van der Waals surface area contributed by atoms with Crippen molar-refractivity contribution in [2.45, 2.75) is 10.9 Å². The second-order valence-electron chi connectivity index (χ2n) is 3.48. The Morgan fingerprint density at radius 1 is 1.38 bits per heavy atom. The Hall–Kier alpha value is -1.21. The van der Waals surface area contributed by atoms with Gasteiger partial charge in [0.2, 0.25) is 0 Å². The first-order chi connectivity index (χ1) is 7.74. The first-order valence-corrected chi connectivity index (χ1v) is 8.58. The first kappa shape index (κ1) is 11.3. The van der Waals surface area contributed by atoms with E-state index in [1.807, 2.05) is 12.1 Å². The van der Waals surface area contributed by atoms with E-state index in [-0.39, 0.29) is 21.4 Å². The quantitative estimate of drug-likeness (QED) is 0.635. The number of methoxy groups -OCH3 is 1. The van der Waals surface area contributed by atoms with Gasteiger partial charge in [-0.05, 0) is 0 Å². The van der Waals surface area contributed by atoms with E-state index >= 15 is 0 Å². The summed E-state index contributed by atoms with van der Waals surface area (Å²) in [7, 11) is 1.60. The van der Waals surface area contributed by atoms with Crippen molar-refractivity contribution in [2.75, 3.05) is 7.11 Å². The van der Waals surface area contributed by atoms with Crippen LogP contribution in [0.4, 0.5) is 0 Å². The second-order valence-corrected chi connectivity index (χ2v) is 5.71. The Balaban J connectivity index is 2.68. The third-order valence-electron chi connectivity index (χ3n) is 2.40. The molecule has 0 bridgehead atoms. The van der Waals surface area contributed by atoms with Crippen LogP contribution in [0.1, 0.15) is 5.56 Å². The average Bonchev–Trinajstić information content (AvgIpc) is 2.28. The van der Waals surface area contributed by atoms with Crippen molar-refractivity contribution in [1.29, 1.82) is 0 Å². The van der Waals surface area contributed by atoms with Crippen molar-refractivity contribution in [1.82, 2.24) is 0 Å². The molecule has 0 aliphatic heterocycles. The number of rotatable bonds is 3. The number of fused-ring (bicyclic) bond motifs is 1. The predicted octanol–water partition coefficient (Wildman–Crippen LogP) is 1.79. The third kappa shape index (κ3) is 2.14. The predicted molar refractivity (Wildman–Crippen MR) is 65.8 cm³/mol.